The van der Waals surface area contributed by atoms with Crippen molar-refractivity contribution in [2.45, 2.75) is 20.0 Å². The minimum Gasteiger partial charge on any atom is -0.481 e. The standard InChI is InChI=1S/C29H26N2O3/c1-20-8-6-7-11-27(20)29(33)31-25-16-14-24(15-17-25)30-28(32)21(2)34-26-18-12-23(13-19-26)22-9-4-3-5-10-22/h3-19,21H,1-2H3,(H,30,32)(H,31,33). The molecule has 0 aromatic heterocycles. The second kappa shape index (κ2) is 10.5. The first-order valence-electron chi connectivity index (χ1n) is 11.1. The van der Waals surface area contributed by atoms with Crippen LogP contribution in [0.3, 0.4) is 0 Å². The first kappa shape index (κ1) is 22.8. The smallest absolute Gasteiger partial charge is 0.265 e. The summed E-state index contributed by atoms with van der Waals surface area (Å²) in [4.78, 5) is 25.0. The molecular weight excluding hydrogens is 424 g/mol. The Kier molecular flexibility index (Phi) is 7.04. The third-order valence-electron chi connectivity index (χ3n) is 5.44. The van der Waals surface area contributed by atoms with Gasteiger partial charge in [-0.1, -0.05) is 60.7 Å². The molecule has 0 saturated heterocycles. The molecule has 5 nitrogen and oxygen atoms in total. The molecule has 0 aliphatic rings. The van der Waals surface area contributed by atoms with Gasteiger partial charge in [0.25, 0.3) is 11.8 Å². The van der Waals surface area contributed by atoms with Crippen LogP contribution in [0, 0.1) is 6.92 Å². The lowest BCUT2D eigenvalue weighted by molar-refractivity contribution is -0.122. The van der Waals surface area contributed by atoms with Gasteiger partial charge in [0.1, 0.15) is 5.75 Å². The highest BCUT2D eigenvalue weighted by molar-refractivity contribution is 6.05. The van der Waals surface area contributed by atoms with Crippen LogP contribution in [0.5, 0.6) is 5.75 Å². The number of carbonyl (C=O) groups excluding carboxylic acids is 2. The van der Waals surface area contributed by atoms with Crippen LogP contribution in [0.2, 0.25) is 0 Å². The molecule has 4 rings (SSSR count). The Morgan fingerprint density at radius 2 is 1.24 bits per heavy atom. The van der Waals surface area contributed by atoms with E-state index in [-0.39, 0.29) is 11.8 Å². The Balaban J connectivity index is 1.31. The van der Waals surface area contributed by atoms with Crippen molar-refractivity contribution in [3.63, 3.8) is 0 Å². The van der Waals surface area contributed by atoms with E-state index in [4.69, 9.17) is 4.74 Å². The predicted molar refractivity (Wildman–Crippen MR) is 136 cm³/mol. The SMILES string of the molecule is Cc1ccccc1C(=O)Nc1ccc(NC(=O)C(C)Oc2ccc(-c3ccccc3)cc2)cc1. The number of hydrogen-bond donors (Lipinski definition) is 2. The zero-order valence-electron chi connectivity index (χ0n) is 19.1. The Morgan fingerprint density at radius 1 is 0.676 bits per heavy atom. The number of aryl methyl sites for hydroxylation is 1. The molecule has 5 heteroatoms. The molecule has 0 aliphatic carbocycles. The van der Waals surface area contributed by atoms with Crippen molar-refractivity contribution in [2.24, 2.45) is 0 Å². The van der Waals surface area contributed by atoms with Crippen molar-refractivity contribution in [2.75, 3.05) is 10.6 Å². The zero-order chi connectivity index (χ0) is 23.9. The number of carbonyl (C=O) groups is 2. The van der Waals surface area contributed by atoms with Crippen molar-refractivity contribution in [3.8, 4) is 16.9 Å². The van der Waals surface area contributed by atoms with Crippen LogP contribution < -0.4 is 15.4 Å². The average Bonchev–Trinajstić information content (AvgIpc) is 2.86. The van der Waals surface area contributed by atoms with Gasteiger partial charge in [-0.3, -0.25) is 9.59 Å². The molecule has 4 aromatic rings. The van der Waals surface area contributed by atoms with E-state index in [1.54, 1.807) is 37.3 Å². The van der Waals surface area contributed by atoms with Gasteiger partial charge in [0, 0.05) is 16.9 Å². The van der Waals surface area contributed by atoms with E-state index in [2.05, 4.69) is 10.6 Å². The number of anilines is 2. The molecular formula is C29H26N2O3. The average molecular weight is 451 g/mol. The highest BCUT2D eigenvalue weighted by Gasteiger charge is 2.15. The highest BCUT2D eigenvalue weighted by atomic mass is 16.5. The third-order valence-corrected chi connectivity index (χ3v) is 5.44. The van der Waals surface area contributed by atoms with Crippen molar-refractivity contribution in [1.82, 2.24) is 0 Å². The minimum absolute atomic E-state index is 0.171. The molecule has 170 valence electrons. The summed E-state index contributed by atoms with van der Waals surface area (Å²) >= 11 is 0. The van der Waals surface area contributed by atoms with E-state index in [0.717, 1.165) is 16.7 Å². The van der Waals surface area contributed by atoms with Gasteiger partial charge in [-0.05, 0) is 73.0 Å². The van der Waals surface area contributed by atoms with E-state index in [0.29, 0.717) is 22.7 Å². The molecule has 0 fully saturated rings. The van der Waals surface area contributed by atoms with Crippen LogP contribution in [0.4, 0.5) is 11.4 Å². The predicted octanol–water partition coefficient (Wildman–Crippen LogP) is 6.32. The normalized spacial score (nSPS) is 11.4. The van der Waals surface area contributed by atoms with Crippen molar-refractivity contribution < 1.29 is 14.3 Å². The Labute approximate surface area is 199 Å². The van der Waals surface area contributed by atoms with E-state index in [1.165, 1.54) is 0 Å². The molecule has 4 aromatic carbocycles. The summed E-state index contributed by atoms with van der Waals surface area (Å²) in [5.74, 6) is 0.190. The van der Waals surface area contributed by atoms with Crippen molar-refractivity contribution in [3.05, 3.63) is 114 Å². The fraction of sp³-hybridized carbons (Fsp3) is 0.103. The number of rotatable bonds is 7. The molecule has 0 bridgehead atoms. The van der Waals surface area contributed by atoms with Gasteiger partial charge in [0.2, 0.25) is 0 Å². The van der Waals surface area contributed by atoms with E-state index >= 15 is 0 Å². The van der Waals surface area contributed by atoms with Gasteiger partial charge in [-0.2, -0.15) is 0 Å². The van der Waals surface area contributed by atoms with E-state index < -0.39 is 6.10 Å². The summed E-state index contributed by atoms with van der Waals surface area (Å²) in [6.07, 6.45) is -0.678. The van der Waals surface area contributed by atoms with Gasteiger partial charge in [0.15, 0.2) is 6.10 Å². The quantitative estimate of drug-likeness (QED) is 0.346. The Morgan fingerprint density at radius 3 is 1.88 bits per heavy atom. The van der Waals surface area contributed by atoms with Crippen LogP contribution in [0.25, 0.3) is 11.1 Å². The lowest BCUT2D eigenvalue weighted by atomic mass is 10.1. The largest absolute Gasteiger partial charge is 0.481 e. The molecule has 2 N–H and O–H groups in total. The molecule has 0 spiro atoms. The second-order valence-electron chi connectivity index (χ2n) is 7.99. The molecule has 2 amide bonds. The van der Waals surface area contributed by atoms with Gasteiger partial charge in [-0.25, -0.2) is 0 Å². The maximum atomic E-state index is 12.6. The highest BCUT2D eigenvalue weighted by Crippen LogP contribution is 2.23. The van der Waals surface area contributed by atoms with Gasteiger partial charge in [0.05, 0.1) is 0 Å². The summed E-state index contributed by atoms with van der Waals surface area (Å²) in [5.41, 5.74) is 5.01. The monoisotopic (exact) mass is 450 g/mol. The fourth-order valence-corrected chi connectivity index (χ4v) is 3.52. The lowest BCUT2D eigenvalue weighted by Crippen LogP contribution is -2.30. The van der Waals surface area contributed by atoms with Gasteiger partial charge in [-0.15, -0.1) is 0 Å². The van der Waals surface area contributed by atoms with Crippen molar-refractivity contribution >= 4 is 23.2 Å². The number of benzene rings is 4. The minimum atomic E-state index is -0.678. The Hall–Kier alpha value is -4.38. The summed E-state index contributed by atoms with van der Waals surface area (Å²) in [5, 5.41) is 5.72. The molecule has 0 heterocycles. The summed E-state index contributed by atoms with van der Waals surface area (Å²) in [6, 6.07) is 32.1. The summed E-state index contributed by atoms with van der Waals surface area (Å²) < 4.78 is 5.81. The fourth-order valence-electron chi connectivity index (χ4n) is 3.52. The zero-order valence-corrected chi connectivity index (χ0v) is 19.1. The van der Waals surface area contributed by atoms with Crippen LogP contribution in [0.15, 0.2) is 103 Å². The topological polar surface area (TPSA) is 67.4 Å². The number of hydrogen-bond acceptors (Lipinski definition) is 3. The maximum absolute atomic E-state index is 12.6. The molecule has 0 aliphatic heterocycles. The number of nitrogens with one attached hydrogen (secondary N) is 2. The first-order valence-corrected chi connectivity index (χ1v) is 11.1. The summed E-state index contributed by atoms with van der Waals surface area (Å²) in [6.45, 7) is 3.60. The van der Waals surface area contributed by atoms with Gasteiger partial charge >= 0.3 is 0 Å². The molecule has 34 heavy (non-hydrogen) atoms. The molecule has 0 saturated carbocycles. The molecule has 0 radical (unpaired) electrons. The first-order chi connectivity index (χ1) is 16.5. The van der Waals surface area contributed by atoms with Crippen LogP contribution in [-0.2, 0) is 4.79 Å². The van der Waals surface area contributed by atoms with Crippen molar-refractivity contribution in [1.29, 1.82) is 0 Å². The molecule has 1 unspecified atom stereocenters. The Bertz CT molecular complexity index is 1270. The molecule has 1 atom stereocenters. The van der Waals surface area contributed by atoms with E-state index in [1.807, 2.05) is 79.7 Å². The number of amides is 2. The van der Waals surface area contributed by atoms with Gasteiger partial charge < -0.3 is 15.4 Å². The maximum Gasteiger partial charge on any atom is 0.265 e. The summed E-state index contributed by atoms with van der Waals surface area (Å²) in [7, 11) is 0. The van der Waals surface area contributed by atoms with E-state index in [9.17, 15) is 9.59 Å². The lowest BCUT2D eigenvalue weighted by Gasteiger charge is -2.15. The number of ether oxygens (including phenoxy) is 1. The van der Waals surface area contributed by atoms with Crippen LogP contribution in [-0.4, -0.2) is 17.9 Å². The second-order valence-corrected chi connectivity index (χ2v) is 7.99. The van der Waals surface area contributed by atoms with Crippen LogP contribution in [0.1, 0.15) is 22.8 Å². The third kappa shape index (κ3) is 5.70. The van der Waals surface area contributed by atoms with Crippen LogP contribution >= 0.6 is 0 Å².